The molecule has 17 heavy (non-hydrogen) atoms. The van der Waals surface area contributed by atoms with Crippen molar-refractivity contribution in [2.24, 2.45) is 23.2 Å². The molecule has 3 aliphatic carbocycles. The van der Waals surface area contributed by atoms with Crippen LogP contribution in [0, 0.1) is 23.2 Å². The minimum atomic E-state index is 0.0317. The molecule has 3 rings (SSSR count). The summed E-state index contributed by atoms with van der Waals surface area (Å²) < 4.78 is 0. The van der Waals surface area contributed by atoms with Crippen molar-refractivity contribution in [3.63, 3.8) is 0 Å². The lowest BCUT2D eigenvalue weighted by Crippen LogP contribution is -2.55. The first-order valence-corrected chi connectivity index (χ1v) is 7.91. The lowest BCUT2D eigenvalue weighted by molar-refractivity contribution is -0.133. The van der Waals surface area contributed by atoms with Crippen molar-refractivity contribution < 1.29 is 5.11 Å². The van der Waals surface area contributed by atoms with Crippen LogP contribution in [0.4, 0.5) is 0 Å². The summed E-state index contributed by atoms with van der Waals surface area (Å²) in [6, 6.07) is 0. The molecule has 0 bridgehead atoms. The molecule has 3 saturated carbocycles. The summed E-state index contributed by atoms with van der Waals surface area (Å²) in [5.41, 5.74) is 0.517. The molecular weight excluding hydrogens is 208 g/mol. The maximum atomic E-state index is 10.2. The van der Waals surface area contributed by atoms with E-state index in [1.807, 2.05) is 0 Å². The van der Waals surface area contributed by atoms with E-state index in [9.17, 15) is 5.11 Å². The third kappa shape index (κ3) is 1.85. The van der Waals surface area contributed by atoms with E-state index in [0.717, 1.165) is 18.3 Å². The van der Waals surface area contributed by atoms with Crippen molar-refractivity contribution in [2.75, 3.05) is 0 Å². The third-order valence-electron chi connectivity index (χ3n) is 6.28. The van der Waals surface area contributed by atoms with Crippen LogP contribution in [0.3, 0.4) is 0 Å². The molecular formula is C16H28O. The second kappa shape index (κ2) is 4.57. The molecule has 3 fully saturated rings. The quantitative estimate of drug-likeness (QED) is 0.670. The van der Waals surface area contributed by atoms with Gasteiger partial charge in [-0.2, -0.15) is 0 Å². The fourth-order valence-electron chi connectivity index (χ4n) is 5.45. The van der Waals surface area contributed by atoms with E-state index in [4.69, 9.17) is 0 Å². The van der Waals surface area contributed by atoms with Crippen molar-refractivity contribution in [3.05, 3.63) is 0 Å². The maximum absolute atomic E-state index is 10.2. The zero-order valence-electron chi connectivity index (χ0n) is 11.3. The lowest BCUT2D eigenvalue weighted by atomic mass is 9.46. The number of rotatable bonds is 0. The molecule has 1 N–H and O–H groups in total. The Kier molecular flexibility index (Phi) is 3.23. The molecule has 0 saturated heterocycles. The maximum Gasteiger partial charge on any atom is 0.0576 e. The molecule has 0 amide bonds. The van der Waals surface area contributed by atoms with Crippen LogP contribution in [0.2, 0.25) is 0 Å². The Morgan fingerprint density at radius 1 is 0.882 bits per heavy atom. The van der Waals surface area contributed by atoms with Crippen LogP contribution in [-0.4, -0.2) is 11.2 Å². The Balaban J connectivity index is 1.72. The second-order valence-electron chi connectivity index (χ2n) is 7.11. The van der Waals surface area contributed by atoms with Gasteiger partial charge >= 0.3 is 0 Å². The summed E-state index contributed by atoms with van der Waals surface area (Å²) in [6.07, 6.45) is 13.9. The Hall–Kier alpha value is -0.0400. The molecule has 0 spiro atoms. The average Bonchev–Trinajstić information content (AvgIpc) is 2.57. The highest BCUT2D eigenvalue weighted by Gasteiger charge is 2.62. The molecule has 5 atom stereocenters. The van der Waals surface area contributed by atoms with E-state index in [0.29, 0.717) is 11.3 Å². The van der Waals surface area contributed by atoms with E-state index in [2.05, 4.69) is 6.92 Å². The van der Waals surface area contributed by atoms with E-state index in [1.54, 1.807) is 0 Å². The smallest absolute Gasteiger partial charge is 0.0576 e. The van der Waals surface area contributed by atoms with Crippen LogP contribution in [-0.2, 0) is 0 Å². The third-order valence-corrected chi connectivity index (χ3v) is 6.28. The molecule has 0 aromatic carbocycles. The highest BCUT2D eigenvalue weighted by molar-refractivity contribution is 5.11. The van der Waals surface area contributed by atoms with Gasteiger partial charge in [-0.25, -0.2) is 0 Å². The zero-order chi connectivity index (χ0) is 11.9. The first-order valence-electron chi connectivity index (χ1n) is 7.91. The number of fused-ring (bicyclic) bond motifs is 4. The van der Waals surface area contributed by atoms with Crippen LogP contribution >= 0.6 is 0 Å². The predicted molar refractivity (Wildman–Crippen MR) is 70.8 cm³/mol. The Bertz CT molecular complexity index is 275. The number of hydrogen-bond donors (Lipinski definition) is 1. The largest absolute Gasteiger partial charge is 0.393 e. The minimum absolute atomic E-state index is 0.0317. The van der Waals surface area contributed by atoms with E-state index in [-0.39, 0.29) is 6.10 Å². The van der Waals surface area contributed by atoms with Crippen molar-refractivity contribution in [1.29, 1.82) is 0 Å². The Morgan fingerprint density at radius 3 is 2.29 bits per heavy atom. The number of aliphatic hydroxyl groups is 1. The van der Waals surface area contributed by atoms with Gasteiger partial charge in [0.05, 0.1) is 6.10 Å². The van der Waals surface area contributed by atoms with Crippen LogP contribution in [0.1, 0.15) is 71.1 Å². The average molecular weight is 236 g/mol. The highest BCUT2D eigenvalue weighted by Crippen LogP contribution is 2.67. The Labute approximate surface area is 106 Å². The summed E-state index contributed by atoms with van der Waals surface area (Å²) in [6.45, 7) is 2.47. The monoisotopic (exact) mass is 236 g/mol. The van der Waals surface area contributed by atoms with Gasteiger partial charge in [-0.3, -0.25) is 0 Å². The summed E-state index contributed by atoms with van der Waals surface area (Å²) in [4.78, 5) is 0. The molecule has 0 aromatic heterocycles. The van der Waals surface area contributed by atoms with Gasteiger partial charge < -0.3 is 5.11 Å². The normalized spacial score (nSPS) is 51.2. The molecule has 98 valence electrons. The molecule has 1 nitrogen and oxygen atoms in total. The van der Waals surface area contributed by atoms with Gasteiger partial charge in [0.15, 0.2) is 0 Å². The van der Waals surface area contributed by atoms with E-state index in [1.165, 1.54) is 57.8 Å². The summed E-state index contributed by atoms with van der Waals surface area (Å²) in [5.74, 6) is 2.48. The molecule has 5 unspecified atom stereocenters. The van der Waals surface area contributed by atoms with Gasteiger partial charge in [-0.05, 0) is 48.9 Å². The van der Waals surface area contributed by atoms with Gasteiger partial charge in [-0.1, -0.05) is 45.4 Å². The summed E-state index contributed by atoms with van der Waals surface area (Å²) >= 11 is 0. The topological polar surface area (TPSA) is 20.2 Å². The zero-order valence-corrected chi connectivity index (χ0v) is 11.3. The first-order chi connectivity index (χ1) is 8.23. The van der Waals surface area contributed by atoms with Crippen molar-refractivity contribution in [2.45, 2.75) is 77.2 Å². The lowest BCUT2D eigenvalue weighted by Gasteiger charge is -2.59. The van der Waals surface area contributed by atoms with Crippen LogP contribution < -0.4 is 0 Å². The van der Waals surface area contributed by atoms with Crippen LogP contribution in [0.25, 0.3) is 0 Å². The van der Waals surface area contributed by atoms with Crippen molar-refractivity contribution in [1.82, 2.24) is 0 Å². The van der Waals surface area contributed by atoms with E-state index >= 15 is 0 Å². The SMILES string of the molecule is CC12CCC(O)C1C1CCCCCCCCC12. The fourth-order valence-corrected chi connectivity index (χ4v) is 5.45. The fraction of sp³-hybridized carbons (Fsp3) is 1.00. The summed E-state index contributed by atoms with van der Waals surface area (Å²) in [5, 5.41) is 10.2. The van der Waals surface area contributed by atoms with Crippen molar-refractivity contribution in [3.8, 4) is 0 Å². The highest BCUT2D eigenvalue weighted by atomic mass is 16.3. The Morgan fingerprint density at radius 2 is 1.53 bits per heavy atom. The van der Waals surface area contributed by atoms with Crippen molar-refractivity contribution >= 4 is 0 Å². The summed E-state index contributed by atoms with van der Waals surface area (Å²) in [7, 11) is 0. The first kappa shape index (κ1) is 12.0. The molecule has 0 heterocycles. The molecule has 3 aliphatic rings. The van der Waals surface area contributed by atoms with Gasteiger partial charge in [0.25, 0.3) is 0 Å². The van der Waals surface area contributed by atoms with Gasteiger partial charge in [0.2, 0.25) is 0 Å². The molecule has 0 aromatic rings. The number of aliphatic hydroxyl groups excluding tert-OH is 1. The molecule has 1 heteroatoms. The van der Waals surface area contributed by atoms with Crippen LogP contribution in [0.5, 0.6) is 0 Å². The molecule has 0 aliphatic heterocycles. The number of hydrogen-bond acceptors (Lipinski definition) is 1. The van der Waals surface area contributed by atoms with E-state index < -0.39 is 0 Å². The standard InChI is InChI=1S/C16H28O/c1-16-11-10-14(17)15(16)12-8-6-4-2-3-5-7-9-13(12)16/h12-15,17H,2-11H2,1H3. The van der Waals surface area contributed by atoms with Gasteiger partial charge in [-0.15, -0.1) is 0 Å². The van der Waals surface area contributed by atoms with Crippen LogP contribution in [0.15, 0.2) is 0 Å². The van der Waals surface area contributed by atoms with Gasteiger partial charge in [0, 0.05) is 0 Å². The minimum Gasteiger partial charge on any atom is -0.393 e. The van der Waals surface area contributed by atoms with Gasteiger partial charge in [0.1, 0.15) is 0 Å². The molecule has 0 radical (unpaired) electrons. The predicted octanol–water partition coefficient (Wildman–Crippen LogP) is 4.14. The second-order valence-corrected chi connectivity index (χ2v) is 7.11.